The van der Waals surface area contributed by atoms with Crippen LogP contribution in [0.1, 0.15) is 31.4 Å². The minimum atomic E-state index is -5.14. The van der Waals surface area contributed by atoms with E-state index in [2.05, 4.69) is 31.0 Å². The summed E-state index contributed by atoms with van der Waals surface area (Å²) in [4.78, 5) is 60.5. The molecule has 230 valence electrons. The van der Waals surface area contributed by atoms with Crippen LogP contribution in [-0.4, -0.2) is 99.8 Å². The van der Waals surface area contributed by atoms with E-state index in [0.717, 1.165) is 17.7 Å². The zero-order valence-corrected chi connectivity index (χ0v) is 24.5. The number of carboxylic acids is 1. The number of oxime groups is 1. The number of fused-ring (bicyclic) bond motifs is 1. The van der Waals surface area contributed by atoms with Crippen LogP contribution in [0.2, 0.25) is 0 Å². The highest BCUT2D eigenvalue weighted by Crippen LogP contribution is 2.41. The zero-order chi connectivity index (χ0) is 30.9. The molecule has 0 bridgehead atoms. The first-order valence-corrected chi connectivity index (χ1v) is 15.5. The number of aryl methyl sites for hydroxylation is 1. The highest BCUT2D eigenvalue weighted by atomic mass is 32.2. The fraction of sp³-hybridized carbons (Fsp3) is 0.500. The molecule has 2 aromatic rings. The summed E-state index contributed by atoms with van der Waals surface area (Å²) in [6.45, 7) is 0. The largest absolute Gasteiger partial charge is 0.477 e. The molecule has 2 fully saturated rings. The zero-order valence-electron chi connectivity index (χ0n) is 22.0. The van der Waals surface area contributed by atoms with Crippen molar-refractivity contribution in [3.05, 3.63) is 22.3 Å². The minimum absolute atomic E-state index is 0.179. The van der Waals surface area contributed by atoms with E-state index in [0.29, 0.717) is 34.9 Å². The van der Waals surface area contributed by atoms with Crippen molar-refractivity contribution in [2.24, 2.45) is 12.2 Å². The predicted molar refractivity (Wildman–Crippen MR) is 146 cm³/mol. The number of alkyl halides is 3. The molecule has 5 rings (SSSR count). The second kappa shape index (κ2) is 12.5. The van der Waals surface area contributed by atoms with Gasteiger partial charge in [-0.1, -0.05) is 16.9 Å². The van der Waals surface area contributed by atoms with E-state index in [1.807, 2.05) is 0 Å². The summed E-state index contributed by atoms with van der Waals surface area (Å²) >= 11 is 3.09. The molecule has 4 heterocycles. The fourth-order valence-electron chi connectivity index (χ4n) is 4.43. The van der Waals surface area contributed by atoms with Crippen LogP contribution in [0.3, 0.4) is 0 Å². The van der Waals surface area contributed by atoms with Gasteiger partial charge < -0.3 is 15.3 Å². The molecule has 1 saturated heterocycles. The Bertz CT molecular complexity index is 1500. The molecule has 1 aliphatic carbocycles. The molecule has 1 saturated carbocycles. The van der Waals surface area contributed by atoms with Crippen molar-refractivity contribution >= 4 is 69.4 Å². The van der Waals surface area contributed by atoms with Crippen LogP contribution in [0.5, 0.6) is 0 Å². The van der Waals surface area contributed by atoms with Crippen LogP contribution in [0.4, 0.5) is 18.3 Å². The summed E-state index contributed by atoms with van der Waals surface area (Å²) in [6.07, 6.45) is -2.25. The van der Waals surface area contributed by atoms with Gasteiger partial charge in [-0.3, -0.25) is 24.6 Å². The molecule has 2 aliphatic heterocycles. The topological polar surface area (TPSA) is 194 Å². The van der Waals surface area contributed by atoms with Crippen LogP contribution >= 0.6 is 34.9 Å². The van der Waals surface area contributed by atoms with Crippen LogP contribution in [0, 0.1) is 0 Å². The number of carbonyl (C=O) groups excluding carboxylic acids is 3. The molecule has 2 aromatic heterocycles. The van der Waals surface area contributed by atoms with Gasteiger partial charge >= 0.3 is 18.1 Å². The van der Waals surface area contributed by atoms with Gasteiger partial charge in [0.05, 0.1) is 0 Å². The monoisotopic (exact) mass is 661 g/mol. The molecule has 2 unspecified atom stereocenters. The molecule has 3 amide bonds. The SMILES string of the molecule is Cn1nnnc1SCC1=C(C(=O)O)N2C(=O)C(NC(=O)/C(=N/OC3CCCC3)c3csc(NC(=O)C(F)(F)F)n3)C2SC1. The van der Waals surface area contributed by atoms with Crippen LogP contribution in [0.15, 0.2) is 27.0 Å². The number of hydrogen-bond donors (Lipinski definition) is 3. The Balaban J connectivity index is 1.31. The number of aliphatic carboxylic acids is 1. The van der Waals surface area contributed by atoms with Crippen molar-refractivity contribution in [1.29, 1.82) is 0 Å². The maximum Gasteiger partial charge on any atom is 0.471 e. The lowest BCUT2D eigenvalue weighted by Gasteiger charge is -2.49. The van der Waals surface area contributed by atoms with Crippen molar-refractivity contribution < 1.29 is 42.3 Å². The number of thiazole rings is 1. The number of anilines is 1. The number of halogens is 3. The summed E-state index contributed by atoms with van der Waals surface area (Å²) in [6, 6.07) is -1.12. The van der Waals surface area contributed by atoms with Gasteiger partial charge in [-0.05, 0) is 41.7 Å². The minimum Gasteiger partial charge on any atom is -0.477 e. The van der Waals surface area contributed by atoms with E-state index in [4.69, 9.17) is 4.84 Å². The third kappa shape index (κ3) is 6.61. The molecule has 15 nitrogen and oxygen atoms in total. The Morgan fingerprint density at radius 1 is 1.28 bits per heavy atom. The molecule has 2 atom stereocenters. The van der Waals surface area contributed by atoms with Crippen molar-refractivity contribution in [2.75, 3.05) is 16.8 Å². The van der Waals surface area contributed by atoms with E-state index in [1.165, 1.54) is 33.6 Å². The molecular formula is C22H22F3N9O6S3. The normalized spacial score (nSPS) is 21.0. The number of carbonyl (C=O) groups is 4. The van der Waals surface area contributed by atoms with Gasteiger partial charge in [-0.15, -0.1) is 28.2 Å². The number of thioether (sulfide) groups is 2. The van der Waals surface area contributed by atoms with E-state index < -0.39 is 52.1 Å². The van der Waals surface area contributed by atoms with Crippen molar-refractivity contribution in [3.63, 3.8) is 0 Å². The van der Waals surface area contributed by atoms with E-state index in [9.17, 15) is 37.5 Å². The second-order valence-electron chi connectivity index (χ2n) is 9.43. The van der Waals surface area contributed by atoms with Gasteiger partial charge in [-0.25, -0.2) is 14.5 Å². The van der Waals surface area contributed by atoms with Gasteiger partial charge in [0.2, 0.25) is 5.16 Å². The number of hydrogen-bond acceptors (Lipinski definition) is 13. The number of carboxylic acid groups (broad SMARTS) is 1. The molecule has 43 heavy (non-hydrogen) atoms. The van der Waals surface area contributed by atoms with Gasteiger partial charge in [0, 0.05) is 23.9 Å². The number of rotatable bonds is 10. The maximum absolute atomic E-state index is 13.4. The highest BCUT2D eigenvalue weighted by molar-refractivity contribution is 8.01. The van der Waals surface area contributed by atoms with E-state index in [-0.39, 0.29) is 29.0 Å². The van der Waals surface area contributed by atoms with Gasteiger partial charge in [0.15, 0.2) is 10.8 Å². The summed E-state index contributed by atoms with van der Waals surface area (Å²) in [7, 11) is 1.63. The number of amides is 3. The average molecular weight is 662 g/mol. The van der Waals surface area contributed by atoms with E-state index >= 15 is 0 Å². The Kier molecular flexibility index (Phi) is 8.92. The molecule has 0 spiro atoms. The predicted octanol–water partition coefficient (Wildman–Crippen LogP) is 1.36. The Morgan fingerprint density at radius 2 is 2.02 bits per heavy atom. The first kappa shape index (κ1) is 30.7. The highest BCUT2D eigenvalue weighted by Gasteiger charge is 2.54. The third-order valence-corrected chi connectivity index (χ3v) is 9.72. The first-order chi connectivity index (χ1) is 20.4. The third-order valence-electron chi connectivity index (χ3n) is 6.53. The van der Waals surface area contributed by atoms with Gasteiger partial charge in [0.25, 0.3) is 11.8 Å². The lowest BCUT2D eigenvalue weighted by atomic mass is 10.0. The van der Waals surface area contributed by atoms with Gasteiger partial charge in [0.1, 0.15) is 28.9 Å². The number of nitrogens with zero attached hydrogens (tertiary/aromatic N) is 7. The van der Waals surface area contributed by atoms with Crippen LogP contribution in [0.25, 0.3) is 0 Å². The van der Waals surface area contributed by atoms with Crippen molar-refractivity contribution in [3.8, 4) is 0 Å². The standard InChI is InChI=1S/C22H22F3N9O6S3/c1-33-21(29-31-32-33)43-7-9-6-41-17-13(16(36)34(17)14(9)18(37)38)27-15(35)12(30-40-10-4-2-3-5-10)11-8-42-20(26-11)28-19(39)22(23,24)25/h8,10,13,17H,2-7H2,1H3,(H,27,35)(H,37,38)(H,26,28,39)/b30-12+. The summed E-state index contributed by atoms with van der Waals surface area (Å²) in [5, 5.41) is 29.6. The number of tetrazole rings is 1. The lowest BCUT2D eigenvalue weighted by Crippen LogP contribution is -2.71. The van der Waals surface area contributed by atoms with Crippen molar-refractivity contribution in [2.45, 2.75) is 54.5 Å². The maximum atomic E-state index is 13.4. The molecule has 3 N–H and O–H groups in total. The number of β-lactam (4-membered cyclic amide) rings is 1. The van der Waals surface area contributed by atoms with Crippen LogP contribution in [-0.2, 0) is 31.1 Å². The Hall–Kier alpha value is -3.72. The van der Waals surface area contributed by atoms with Crippen LogP contribution < -0.4 is 10.6 Å². The summed E-state index contributed by atoms with van der Waals surface area (Å²) in [5.74, 6) is -4.66. The second-order valence-corrected chi connectivity index (χ2v) is 12.3. The summed E-state index contributed by atoms with van der Waals surface area (Å²) < 4.78 is 39.5. The molecule has 0 radical (unpaired) electrons. The number of nitrogens with one attached hydrogen (secondary N) is 2. The summed E-state index contributed by atoms with van der Waals surface area (Å²) in [5.41, 5.74) is -0.305. The molecule has 0 aromatic carbocycles. The molecule has 3 aliphatic rings. The Labute approximate surface area is 252 Å². The quantitative estimate of drug-likeness (QED) is 0.144. The average Bonchev–Trinajstić information content (AvgIpc) is 3.73. The molecule has 21 heteroatoms. The smallest absolute Gasteiger partial charge is 0.471 e. The lowest BCUT2D eigenvalue weighted by molar-refractivity contribution is -0.167. The Morgan fingerprint density at radius 3 is 2.67 bits per heavy atom. The fourth-order valence-corrected chi connectivity index (χ4v) is 7.46. The number of aromatic nitrogens is 5. The van der Waals surface area contributed by atoms with E-state index in [1.54, 1.807) is 12.4 Å². The van der Waals surface area contributed by atoms with Crippen molar-refractivity contribution in [1.82, 2.24) is 35.4 Å². The first-order valence-electron chi connectivity index (χ1n) is 12.6. The van der Waals surface area contributed by atoms with Gasteiger partial charge in [-0.2, -0.15) is 13.2 Å². The molecular weight excluding hydrogens is 639 g/mol.